The molecule has 4 heteroatoms. The first kappa shape index (κ1) is 21.8. The summed E-state index contributed by atoms with van der Waals surface area (Å²) in [6.45, 7) is 10.3. The lowest BCUT2D eigenvalue weighted by atomic mass is 9.86. The summed E-state index contributed by atoms with van der Waals surface area (Å²) in [6, 6.07) is 20.8. The molecule has 1 fully saturated rings. The number of rotatable bonds is 7. The van der Waals surface area contributed by atoms with Crippen LogP contribution in [0.4, 0.5) is 0 Å². The molecule has 1 aliphatic rings. The number of carbonyl (C=O) groups excluding carboxylic acids is 1. The Kier molecular flexibility index (Phi) is 6.89. The Bertz CT molecular complexity index is 983. The van der Waals surface area contributed by atoms with E-state index in [1.165, 1.54) is 16.7 Å². The fourth-order valence-corrected chi connectivity index (χ4v) is 5.46. The molecule has 1 aliphatic heterocycles. The number of aryl methyl sites for hydroxylation is 1. The molecule has 1 amide bonds. The van der Waals surface area contributed by atoms with E-state index in [1.807, 2.05) is 30.3 Å². The normalized spacial score (nSPS) is 19.1. The van der Waals surface area contributed by atoms with E-state index in [4.69, 9.17) is 0 Å². The maximum Gasteiger partial charge on any atom is 0.254 e. The summed E-state index contributed by atoms with van der Waals surface area (Å²) in [5.41, 5.74) is 4.93. The quantitative estimate of drug-likeness (QED) is 0.469. The van der Waals surface area contributed by atoms with Gasteiger partial charge in [0.25, 0.3) is 5.91 Å². The number of benzene rings is 2. The highest BCUT2D eigenvalue weighted by molar-refractivity contribution is 7.07. The summed E-state index contributed by atoms with van der Waals surface area (Å²) >= 11 is 1.76. The lowest BCUT2D eigenvalue weighted by Gasteiger charge is -2.32. The highest BCUT2D eigenvalue weighted by Crippen LogP contribution is 2.36. The lowest BCUT2D eigenvalue weighted by Crippen LogP contribution is -2.42. The van der Waals surface area contributed by atoms with E-state index in [1.54, 1.807) is 11.3 Å². The van der Waals surface area contributed by atoms with Crippen molar-refractivity contribution in [1.29, 1.82) is 0 Å². The molecule has 4 rings (SSSR count). The van der Waals surface area contributed by atoms with Gasteiger partial charge in [-0.05, 0) is 72.3 Å². The van der Waals surface area contributed by atoms with Crippen LogP contribution in [0.1, 0.15) is 46.8 Å². The minimum atomic E-state index is 0.135. The summed E-state index contributed by atoms with van der Waals surface area (Å²) in [4.78, 5) is 18.0. The first-order valence-electron chi connectivity index (χ1n) is 11.2. The zero-order valence-electron chi connectivity index (χ0n) is 18.7. The van der Waals surface area contributed by atoms with Crippen LogP contribution < -0.4 is 0 Å². The van der Waals surface area contributed by atoms with E-state index in [-0.39, 0.29) is 11.9 Å². The van der Waals surface area contributed by atoms with E-state index >= 15 is 0 Å². The zero-order chi connectivity index (χ0) is 21.8. The van der Waals surface area contributed by atoms with Crippen molar-refractivity contribution in [2.75, 3.05) is 19.6 Å². The topological polar surface area (TPSA) is 23.6 Å². The van der Waals surface area contributed by atoms with Gasteiger partial charge in [-0.3, -0.25) is 9.69 Å². The van der Waals surface area contributed by atoms with Gasteiger partial charge in [-0.2, -0.15) is 11.3 Å². The number of hydrogen-bond acceptors (Lipinski definition) is 3. The van der Waals surface area contributed by atoms with Crippen LogP contribution in [0.2, 0.25) is 0 Å². The molecule has 0 unspecified atom stereocenters. The van der Waals surface area contributed by atoms with Crippen LogP contribution in [-0.4, -0.2) is 41.4 Å². The average Bonchev–Trinajstić information content (AvgIpc) is 3.42. The van der Waals surface area contributed by atoms with Gasteiger partial charge in [0.05, 0.1) is 0 Å². The van der Waals surface area contributed by atoms with Gasteiger partial charge in [-0.1, -0.05) is 42.5 Å². The lowest BCUT2D eigenvalue weighted by molar-refractivity contribution is 0.0668. The third-order valence-corrected chi connectivity index (χ3v) is 7.16. The maximum atomic E-state index is 13.3. The molecule has 0 radical (unpaired) electrons. The van der Waals surface area contributed by atoms with Gasteiger partial charge in [0.1, 0.15) is 0 Å². The monoisotopic (exact) mass is 432 g/mol. The first-order valence-corrected chi connectivity index (χ1v) is 12.1. The number of carbonyl (C=O) groups is 1. The highest BCUT2D eigenvalue weighted by atomic mass is 32.1. The summed E-state index contributed by atoms with van der Waals surface area (Å²) in [7, 11) is 0. The molecule has 1 aromatic heterocycles. The SMILES string of the molecule is Cc1ccccc1[C@@H]1CN(Cc2ccsc2)C[C@H]1CN(C(=O)c1ccccc1)C(C)C. The third kappa shape index (κ3) is 5.08. The van der Waals surface area contributed by atoms with Gasteiger partial charge in [0, 0.05) is 43.7 Å². The Balaban J connectivity index is 1.59. The molecule has 0 saturated carbocycles. The van der Waals surface area contributed by atoms with Crippen LogP contribution in [0.15, 0.2) is 71.4 Å². The van der Waals surface area contributed by atoms with Crippen LogP contribution in [0.3, 0.4) is 0 Å². The zero-order valence-corrected chi connectivity index (χ0v) is 19.5. The smallest absolute Gasteiger partial charge is 0.254 e. The van der Waals surface area contributed by atoms with E-state index in [0.717, 1.165) is 31.7 Å². The second kappa shape index (κ2) is 9.80. The van der Waals surface area contributed by atoms with Gasteiger partial charge in [-0.25, -0.2) is 0 Å². The van der Waals surface area contributed by atoms with Crippen molar-refractivity contribution in [1.82, 2.24) is 9.80 Å². The Labute approximate surface area is 190 Å². The molecule has 0 aliphatic carbocycles. The van der Waals surface area contributed by atoms with E-state index in [2.05, 4.69) is 71.7 Å². The van der Waals surface area contributed by atoms with E-state index in [0.29, 0.717) is 11.8 Å². The van der Waals surface area contributed by atoms with Crippen molar-refractivity contribution in [3.05, 3.63) is 93.7 Å². The average molecular weight is 433 g/mol. The van der Waals surface area contributed by atoms with Gasteiger partial charge in [0.2, 0.25) is 0 Å². The maximum absolute atomic E-state index is 13.3. The van der Waals surface area contributed by atoms with Crippen LogP contribution in [0.25, 0.3) is 0 Å². The summed E-state index contributed by atoms with van der Waals surface area (Å²) < 4.78 is 0. The van der Waals surface area contributed by atoms with Gasteiger partial charge < -0.3 is 4.90 Å². The number of likely N-dealkylation sites (tertiary alicyclic amines) is 1. The Morgan fingerprint density at radius 1 is 1.06 bits per heavy atom. The number of nitrogens with zero attached hydrogens (tertiary/aromatic N) is 2. The molecular formula is C27H32N2OS. The molecule has 2 heterocycles. The minimum absolute atomic E-state index is 0.135. The van der Waals surface area contributed by atoms with Crippen molar-refractivity contribution in [3.63, 3.8) is 0 Å². The number of amides is 1. The van der Waals surface area contributed by atoms with Crippen molar-refractivity contribution in [2.45, 2.75) is 39.3 Å². The summed E-state index contributed by atoms with van der Waals surface area (Å²) in [5, 5.41) is 4.40. The Morgan fingerprint density at radius 3 is 2.48 bits per heavy atom. The highest BCUT2D eigenvalue weighted by Gasteiger charge is 2.37. The number of hydrogen-bond donors (Lipinski definition) is 0. The van der Waals surface area contributed by atoms with Crippen LogP contribution in [-0.2, 0) is 6.54 Å². The predicted octanol–water partition coefficient (Wildman–Crippen LogP) is 5.82. The molecular weight excluding hydrogens is 400 g/mol. The molecule has 162 valence electrons. The van der Waals surface area contributed by atoms with Crippen LogP contribution in [0.5, 0.6) is 0 Å². The molecule has 2 atom stereocenters. The van der Waals surface area contributed by atoms with Gasteiger partial charge >= 0.3 is 0 Å². The number of thiophene rings is 1. The molecule has 2 aromatic carbocycles. The third-order valence-electron chi connectivity index (χ3n) is 6.43. The van der Waals surface area contributed by atoms with E-state index in [9.17, 15) is 4.79 Å². The fourth-order valence-electron chi connectivity index (χ4n) is 4.80. The minimum Gasteiger partial charge on any atom is -0.336 e. The Morgan fingerprint density at radius 2 is 1.81 bits per heavy atom. The van der Waals surface area contributed by atoms with Crippen molar-refractivity contribution in [3.8, 4) is 0 Å². The largest absolute Gasteiger partial charge is 0.336 e. The fraction of sp³-hybridized carbons (Fsp3) is 0.370. The summed E-state index contributed by atoms with van der Waals surface area (Å²) in [6.07, 6.45) is 0. The standard InChI is InChI=1S/C27H32N2OS/c1-20(2)29(27(30)23-10-5-4-6-11-23)17-24-16-28(15-22-13-14-31-19-22)18-26(24)25-12-8-7-9-21(25)3/h4-14,19-20,24,26H,15-18H2,1-3H3/t24-,26+/m0/s1. The molecule has 0 N–H and O–H groups in total. The molecule has 1 saturated heterocycles. The molecule has 3 aromatic rings. The second-order valence-corrected chi connectivity index (χ2v) is 9.75. The van der Waals surface area contributed by atoms with Crippen LogP contribution in [0, 0.1) is 12.8 Å². The molecule has 0 spiro atoms. The van der Waals surface area contributed by atoms with Crippen LogP contribution >= 0.6 is 11.3 Å². The predicted molar refractivity (Wildman–Crippen MR) is 130 cm³/mol. The Hall–Kier alpha value is -2.43. The molecule has 31 heavy (non-hydrogen) atoms. The van der Waals surface area contributed by atoms with Crippen molar-refractivity contribution < 1.29 is 4.79 Å². The summed E-state index contributed by atoms with van der Waals surface area (Å²) in [5.74, 6) is 0.981. The van der Waals surface area contributed by atoms with Gasteiger partial charge in [-0.15, -0.1) is 0 Å². The van der Waals surface area contributed by atoms with Crippen molar-refractivity contribution >= 4 is 17.2 Å². The van der Waals surface area contributed by atoms with E-state index < -0.39 is 0 Å². The first-order chi connectivity index (χ1) is 15.0. The molecule has 3 nitrogen and oxygen atoms in total. The van der Waals surface area contributed by atoms with Crippen molar-refractivity contribution in [2.24, 2.45) is 5.92 Å². The van der Waals surface area contributed by atoms with Gasteiger partial charge in [0.15, 0.2) is 0 Å². The second-order valence-electron chi connectivity index (χ2n) is 8.97. The molecule has 0 bridgehead atoms.